The fourth-order valence-corrected chi connectivity index (χ4v) is 14.8. The van der Waals surface area contributed by atoms with E-state index in [2.05, 4.69) is 31.9 Å². The number of nitrogens with one attached hydrogen (secondary N) is 6. The lowest BCUT2D eigenvalue weighted by molar-refractivity contribution is -0.389. The van der Waals surface area contributed by atoms with Crippen LogP contribution in [0.3, 0.4) is 0 Å². The summed E-state index contributed by atoms with van der Waals surface area (Å²) in [6, 6.07) is 15.8. The third kappa shape index (κ3) is 37.5. The predicted molar refractivity (Wildman–Crippen MR) is 499 cm³/mol. The molecule has 0 aromatic heterocycles. The number of ketones is 4. The van der Waals surface area contributed by atoms with Gasteiger partial charge in [-0.1, -0.05) is 85.6 Å². The molecule has 740 valence electrons. The van der Waals surface area contributed by atoms with Crippen LogP contribution in [-0.2, 0) is 51.2 Å². The number of nitrogens with zero attached hydrogens (tertiary/aromatic N) is 11. The van der Waals surface area contributed by atoms with E-state index in [1.165, 1.54) is 6.07 Å². The topological polar surface area (TPSA) is 735 Å². The molecule has 0 radical (unpaired) electrons. The summed E-state index contributed by atoms with van der Waals surface area (Å²) in [5, 5.41) is 145. The highest BCUT2D eigenvalue weighted by Crippen LogP contribution is 2.37. The van der Waals surface area contributed by atoms with Gasteiger partial charge in [0.1, 0.15) is 40.4 Å². The molecular weight excluding hydrogens is 1800 g/mol. The lowest BCUT2D eigenvalue weighted by Crippen LogP contribution is -2.44. The number of hydrogen-bond donors (Lipinski definition) is 8. The number of unbranched alkanes of at least 4 members (excludes halogenated alkanes) is 9. The van der Waals surface area contributed by atoms with Gasteiger partial charge in [0, 0.05) is 183 Å². The number of carbonyl (C=O) groups excluding carboxylic acids is 8. The number of Topliss-reactive ketones (excluding diaryl/α,β-unsaturated/α-hetero) is 4. The smallest absolute Gasteiger partial charge is 0.292 e. The second-order valence-electron chi connectivity index (χ2n) is 34.2. The molecule has 0 fully saturated rings. The van der Waals surface area contributed by atoms with Crippen molar-refractivity contribution in [2.24, 2.45) is 40.6 Å². The van der Waals surface area contributed by atoms with E-state index < -0.39 is 171 Å². The Balaban J connectivity index is 0.000000590. The average molecular weight is 1920 g/mol. The summed E-state index contributed by atoms with van der Waals surface area (Å²) in [6.45, 7) is 10.8. The van der Waals surface area contributed by atoms with Gasteiger partial charge >= 0.3 is 0 Å². The summed E-state index contributed by atoms with van der Waals surface area (Å²) in [5.74, 6) is -6.55. The van der Waals surface area contributed by atoms with Crippen molar-refractivity contribution in [2.75, 3.05) is 40.9 Å². The Morgan fingerprint density at radius 1 is 0.336 bits per heavy atom. The molecule has 0 spiro atoms. The van der Waals surface area contributed by atoms with Gasteiger partial charge in [-0.3, -0.25) is 150 Å². The first kappa shape index (κ1) is 112. The summed E-state index contributed by atoms with van der Waals surface area (Å²) >= 11 is 0. The van der Waals surface area contributed by atoms with Crippen molar-refractivity contribution in [3.8, 4) is 0 Å². The number of nitro groups is 11. The number of nitro benzene ring substituents is 11. The van der Waals surface area contributed by atoms with E-state index in [-0.39, 0.29) is 203 Å². The zero-order chi connectivity index (χ0) is 102. The Bertz CT molecular complexity index is 5410. The van der Waals surface area contributed by atoms with E-state index in [9.17, 15) is 150 Å². The van der Waals surface area contributed by atoms with Crippen molar-refractivity contribution in [1.82, 2.24) is 10.6 Å². The molecule has 0 heterocycles. The van der Waals surface area contributed by atoms with Gasteiger partial charge in [-0.25, -0.2) is 0 Å². The normalized spacial score (nSPS) is 12.4. The fourth-order valence-electron chi connectivity index (χ4n) is 14.8. The largest absolute Gasteiger partial charge is 0.379 e. The maximum atomic E-state index is 14.5. The molecule has 4 amide bonds. The molecule has 6 aromatic rings. The minimum atomic E-state index is -1.28. The third-order valence-electron chi connectivity index (χ3n) is 22.7. The van der Waals surface area contributed by atoms with Gasteiger partial charge in [0.05, 0.1) is 66.2 Å². The Morgan fingerprint density at radius 2 is 0.679 bits per heavy atom. The maximum absolute atomic E-state index is 14.5. The minimum Gasteiger partial charge on any atom is -0.379 e. The number of anilines is 4. The van der Waals surface area contributed by atoms with Crippen LogP contribution >= 0.6 is 0 Å². The number of rotatable bonds is 64. The number of carbonyl (C=O) groups is 8. The van der Waals surface area contributed by atoms with Crippen LogP contribution in [0.25, 0.3) is 0 Å². The Hall–Kier alpha value is -15.5. The third-order valence-corrected chi connectivity index (χ3v) is 22.7. The Morgan fingerprint density at radius 3 is 1.12 bits per heavy atom. The first-order chi connectivity index (χ1) is 64.6. The minimum absolute atomic E-state index is 0.0239. The molecule has 137 heavy (non-hydrogen) atoms. The highest BCUT2D eigenvalue weighted by Gasteiger charge is 2.34. The molecule has 0 aliphatic carbocycles. The zero-order valence-corrected chi connectivity index (χ0v) is 76.5. The lowest BCUT2D eigenvalue weighted by atomic mass is 9.83. The molecule has 0 saturated heterocycles. The van der Waals surface area contributed by atoms with Crippen LogP contribution in [0.5, 0.6) is 0 Å². The van der Waals surface area contributed by atoms with Gasteiger partial charge in [-0.15, -0.1) is 0 Å². The van der Waals surface area contributed by atoms with Gasteiger partial charge in [0.15, 0.2) is 11.6 Å². The van der Waals surface area contributed by atoms with Gasteiger partial charge in [0.25, 0.3) is 62.6 Å². The van der Waals surface area contributed by atoms with Crippen LogP contribution in [0.1, 0.15) is 212 Å². The van der Waals surface area contributed by atoms with Crippen molar-refractivity contribution < 1.29 is 92.5 Å². The quantitative estimate of drug-likeness (QED) is 0.00998. The summed E-state index contributed by atoms with van der Waals surface area (Å²) < 4.78 is 0. The van der Waals surface area contributed by atoms with Crippen LogP contribution in [0.2, 0.25) is 0 Å². The highest BCUT2D eigenvalue weighted by atomic mass is 16.7. The molecule has 10 N–H and O–H groups in total. The van der Waals surface area contributed by atoms with Crippen molar-refractivity contribution >= 4 is 132 Å². The molecule has 6 unspecified atom stereocenters. The molecule has 0 aliphatic heterocycles. The SMILES string of the molecule is CC(C)C(=O)CC(CCCCCC(=O)C(CCCCNC(=O)C(CCCCCc1cc([N+](=O)[O-])ccc1[N+](=O)[O-])Nc1cc([N+](=O)[O-])ccc1[N+](=O)[O-])NC(=O)C(CCCCNc1cc([N+](=O)[O-])ccc1[N+](=O)[O-])Cc1cc([N+](=O)[O-])ccc1[N+](=O)[O-])C(N)=O.Cc1ccc([N+](=O)[O-])c(NCCCCC(Nc2cc([N+](=O)[O-])ccc2[N+](=O)[O-])C(=O)CCCCCC(CC(=O)C(C)(C)C)C(N)=O)c1. The fraction of sp³-hybridized carbons (Fsp3) is 0.500. The van der Waals surface area contributed by atoms with Crippen LogP contribution in [0.4, 0.5) is 85.3 Å². The van der Waals surface area contributed by atoms with E-state index >= 15 is 0 Å². The molecule has 0 saturated carbocycles. The molecular formula is C88H113N19O30. The summed E-state index contributed by atoms with van der Waals surface area (Å²) in [5.41, 5.74) is 6.26. The Labute approximate surface area is 783 Å². The number of aryl methyl sites for hydroxylation is 2. The summed E-state index contributed by atoms with van der Waals surface area (Å²) in [4.78, 5) is 225. The maximum Gasteiger partial charge on any atom is 0.292 e. The molecule has 6 aromatic carbocycles. The van der Waals surface area contributed by atoms with Crippen molar-refractivity contribution in [3.05, 3.63) is 237 Å². The summed E-state index contributed by atoms with van der Waals surface area (Å²) in [6.07, 6.45) is 5.10. The number of amides is 4. The van der Waals surface area contributed by atoms with Crippen LogP contribution in [0, 0.1) is 147 Å². The average Bonchev–Trinajstić information content (AvgIpc) is 0.810. The molecule has 6 rings (SSSR count). The number of nitrogens with two attached hydrogens (primary N) is 2. The lowest BCUT2D eigenvalue weighted by Gasteiger charge is -2.23. The van der Waals surface area contributed by atoms with Crippen LogP contribution < -0.4 is 43.4 Å². The number of benzene rings is 6. The van der Waals surface area contributed by atoms with Crippen LogP contribution in [0.15, 0.2) is 109 Å². The van der Waals surface area contributed by atoms with Gasteiger partial charge in [-0.05, 0) is 121 Å². The molecule has 0 aliphatic rings. The number of hydrogen-bond acceptors (Lipinski definition) is 34. The molecule has 49 heteroatoms. The highest BCUT2D eigenvalue weighted by molar-refractivity contribution is 5.92. The van der Waals surface area contributed by atoms with Crippen LogP contribution in [-0.4, -0.2) is 139 Å². The van der Waals surface area contributed by atoms with E-state index in [1.54, 1.807) is 46.8 Å². The van der Waals surface area contributed by atoms with Crippen molar-refractivity contribution in [2.45, 2.75) is 233 Å². The molecule has 6 atom stereocenters. The van der Waals surface area contributed by atoms with E-state index in [0.29, 0.717) is 63.6 Å². The number of non-ortho nitro benzene ring substituents is 5. The van der Waals surface area contributed by atoms with Crippen molar-refractivity contribution in [3.63, 3.8) is 0 Å². The Kier molecular flexibility index (Phi) is 45.1. The second kappa shape index (κ2) is 55.2. The first-order valence-corrected chi connectivity index (χ1v) is 44.3. The summed E-state index contributed by atoms with van der Waals surface area (Å²) in [7, 11) is 0. The monoisotopic (exact) mass is 1920 g/mol. The molecule has 49 nitrogen and oxygen atoms in total. The van der Waals surface area contributed by atoms with E-state index in [0.717, 1.165) is 96.6 Å². The number of primary amides is 2. The van der Waals surface area contributed by atoms with Gasteiger partial charge in [-0.2, -0.15) is 0 Å². The van der Waals surface area contributed by atoms with Crippen molar-refractivity contribution in [1.29, 1.82) is 0 Å². The van der Waals surface area contributed by atoms with E-state index in [1.807, 2.05) is 6.92 Å². The zero-order valence-electron chi connectivity index (χ0n) is 76.5. The first-order valence-electron chi connectivity index (χ1n) is 44.3. The predicted octanol–water partition coefficient (Wildman–Crippen LogP) is 16.1. The van der Waals surface area contributed by atoms with E-state index in [4.69, 9.17) is 11.5 Å². The standard InChI is InChI=1S/C56H69N13O21.C32H44N6O9/c1-35(2)53(71)32-37(54(57)72)14-6-4-8-18-52(70)44(61-55(73)38(29-39-31-41(63(77)78)20-24-49(39)67(85)86)15-9-11-27-58-46-33-42(64(79)80)21-25-50(46)68(87)88)16-10-12-28-59-56(74)45(60-47-34-43(65(81)82)22-26-51(47)69(89)90)17-7-3-5-13-36-30-40(62(75)76)19-23-48(36)66(83)84;1-21-13-15-27(37(44)45)25(18-21)34-17-9-8-11-24(35-26-20-23(36(42)43)14-16-28(26)38(46)47)29(39)12-7-5-6-10-22(31(33)41)19-30(40)32(2,3)4/h19-26,30-31,33-35,37-38,44-45,58,60H,3-18,27-29,32H2,1-2H3,(H2,57,72)(H,59,74)(H,61,73);13-16,18,20,22,24,34-35H,5-12,17,19H2,1-4H3,(H2,33,41). The van der Waals surface area contributed by atoms with Gasteiger partial charge < -0.3 is 43.4 Å². The molecule has 0 bridgehead atoms. The second-order valence-corrected chi connectivity index (χ2v) is 34.2. The van der Waals surface area contributed by atoms with Gasteiger partial charge in [0.2, 0.25) is 23.6 Å².